The van der Waals surface area contributed by atoms with E-state index in [2.05, 4.69) is 37.9 Å². The van der Waals surface area contributed by atoms with Crippen LogP contribution in [0.1, 0.15) is 53.4 Å². The van der Waals surface area contributed by atoms with Crippen molar-refractivity contribution < 1.29 is 4.74 Å². The molecule has 0 atom stereocenters. The maximum atomic E-state index is 5.92. The van der Waals surface area contributed by atoms with Crippen LogP contribution in [0.2, 0.25) is 0 Å². The van der Waals surface area contributed by atoms with Gasteiger partial charge < -0.3 is 15.0 Å². The molecule has 1 N–H and O–H groups in total. The van der Waals surface area contributed by atoms with Gasteiger partial charge in [-0.25, -0.2) is 0 Å². The smallest absolute Gasteiger partial charge is 0.0594 e. The number of nitrogens with one attached hydrogen (secondary N) is 1. The number of hydrogen-bond donors (Lipinski definition) is 1. The molecule has 0 unspecified atom stereocenters. The van der Waals surface area contributed by atoms with Gasteiger partial charge in [0.05, 0.1) is 12.7 Å². The SMILES string of the molecule is CC(C)NCCOC1CC(CN2CCC(C(C)C)CC2)C1. The second-order valence-electron chi connectivity index (χ2n) is 7.82. The highest BCUT2D eigenvalue weighted by Crippen LogP contribution is 2.32. The van der Waals surface area contributed by atoms with Crippen LogP contribution in [0.15, 0.2) is 0 Å². The third kappa shape index (κ3) is 5.88. The molecule has 2 rings (SSSR count). The normalized spacial score (nSPS) is 28.3. The van der Waals surface area contributed by atoms with Gasteiger partial charge in [0.2, 0.25) is 0 Å². The highest BCUT2D eigenvalue weighted by atomic mass is 16.5. The van der Waals surface area contributed by atoms with Crippen molar-refractivity contribution in [2.45, 2.75) is 65.5 Å². The van der Waals surface area contributed by atoms with Crippen LogP contribution in [0.5, 0.6) is 0 Å². The van der Waals surface area contributed by atoms with E-state index >= 15 is 0 Å². The third-order valence-electron chi connectivity index (χ3n) is 5.29. The summed E-state index contributed by atoms with van der Waals surface area (Å²) in [6.45, 7) is 14.9. The molecule has 0 aromatic carbocycles. The Bertz CT molecular complexity index is 279. The lowest BCUT2D eigenvalue weighted by Gasteiger charge is -2.41. The van der Waals surface area contributed by atoms with E-state index < -0.39 is 0 Å². The van der Waals surface area contributed by atoms with Gasteiger partial charge in [0.15, 0.2) is 0 Å². The van der Waals surface area contributed by atoms with Crippen LogP contribution in [-0.2, 0) is 4.74 Å². The minimum absolute atomic E-state index is 0.539. The average molecular weight is 296 g/mol. The Hall–Kier alpha value is -0.120. The number of rotatable bonds is 8. The fourth-order valence-electron chi connectivity index (χ4n) is 3.70. The lowest BCUT2D eigenvalue weighted by molar-refractivity contribution is -0.0403. The fourth-order valence-corrected chi connectivity index (χ4v) is 3.70. The van der Waals surface area contributed by atoms with Crippen LogP contribution in [0.4, 0.5) is 0 Å². The second kappa shape index (κ2) is 8.50. The summed E-state index contributed by atoms with van der Waals surface area (Å²) in [7, 11) is 0. The Morgan fingerprint density at radius 1 is 1.10 bits per heavy atom. The maximum absolute atomic E-state index is 5.92. The maximum Gasteiger partial charge on any atom is 0.0594 e. The first-order chi connectivity index (χ1) is 10.0. The van der Waals surface area contributed by atoms with Crippen LogP contribution >= 0.6 is 0 Å². The standard InChI is InChI=1S/C18H36N2O/c1-14(2)17-5-8-20(9-6-17)13-16-11-18(12-16)21-10-7-19-15(3)4/h14-19H,5-13H2,1-4H3. The molecule has 1 aliphatic carbocycles. The van der Waals surface area contributed by atoms with Gasteiger partial charge in [0.25, 0.3) is 0 Å². The summed E-state index contributed by atoms with van der Waals surface area (Å²) in [4.78, 5) is 2.69. The molecule has 3 nitrogen and oxygen atoms in total. The highest BCUT2D eigenvalue weighted by molar-refractivity contribution is 4.84. The molecule has 3 heteroatoms. The van der Waals surface area contributed by atoms with Crippen molar-refractivity contribution in [1.29, 1.82) is 0 Å². The Labute approximate surface area is 131 Å². The van der Waals surface area contributed by atoms with Gasteiger partial charge in [-0.2, -0.15) is 0 Å². The second-order valence-corrected chi connectivity index (χ2v) is 7.82. The van der Waals surface area contributed by atoms with Gasteiger partial charge in [-0.05, 0) is 56.5 Å². The zero-order chi connectivity index (χ0) is 15.2. The minimum Gasteiger partial charge on any atom is -0.377 e. The molecule has 2 fully saturated rings. The van der Waals surface area contributed by atoms with E-state index in [1.807, 2.05) is 0 Å². The van der Waals surface area contributed by atoms with Crippen LogP contribution in [0.25, 0.3) is 0 Å². The summed E-state index contributed by atoms with van der Waals surface area (Å²) >= 11 is 0. The van der Waals surface area contributed by atoms with E-state index in [0.29, 0.717) is 12.1 Å². The van der Waals surface area contributed by atoms with E-state index in [9.17, 15) is 0 Å². The molecule has 124 valence electrons. The van der Waals surface area contributed by atoms with Crippen molar-refractivity contribution in [1.82, 2.24) is 10.2 Å². The van der Waals surface area contributed by atoms with Crippen LogP contribution in [0, 0.1) is 17.8 Å². The third-order valence-corrected chi connectivity index (χ3v) is 5.29. The molecule has 1 saturated carbocycles. The monoisotopic (exact) mass is 296 g/mol. The summed E-state index contributed by atoms with van der Waals surface area (Å²) < 4.78 is 5.92. The van der Waals surface area contributed by atoms with Crippen molar-refractivity contribution >= 4 is 0 Å². The number of hydrogen-bond acceptors (Lipinski definition) is 3. The van der Waals surface area contributed by atoms with Crippen LogP contribution in [0.3, 0.4) is 0 Å². The molecular weight excluding hydrogens is 260 g/mol. The predicted molar refractivity (Wildman–Crippen MR) is 89.6 cm³/mol. The molecule has 0 radical (unpaired) electrons. The van der Waals surface area contributed by atoms with Crippen LogP contribution in [-0.4, -0.2) is 49.8 Å². The predicted octanol–water partition coefficient (Wildman–Crippen LogP) is 3.15. The summed E-state index contributed by atoms with van der Waals surface area (Å²) in [5, 5.41) is 3.41. The van der Waals surface area contributed by atoms with Crippen molar-refractivity contribution in [2.75, 3.05) is 32.8 Å². The molecule has 0 amide bonds. The molecule has 0 spiro atoms. The van der Waals surface area contributed by atoms with Crippen molar-refractivity contribution in [2.24, 2.45) is 17.8 Å². The van der Waals surface area contributed by atoms with E-state index in [-0.39, 0.29) is 0 Å². The quantitative estimate of drug-likeness (QED) is 0.696. The van der Waals surface area contributed by atoms with Crippen LogP contribution < -0.4 is 5.32 Å². The molecule has 21 heavy (non-hydrogen) atoms. The van der Waals surface area contributed by atoms with Crippen molar-refractivity contribution in [3.8, 4) is 0 Å². The first kappa shape index (κ1) is 17.2. The zero-order valence-electron chi connectivity index (χ0n) is 14.6. The molecule has 0 bridgehead atoms. The molecule has 1 heterocycles. The number of likely N-dealkylation sites (tertiary alicyclic amines) is 1. The Kier molecular flexibility index (Phi) is 6.97. The van der Waals surface area contributed by atoms with Crippen molar-refractivity contribution in [3.63, 3.8) is 0 Å². The Balaban J connectivity index is 1.49. The largest absolute Gasteiger partial charge is 0.377 e. The lowest BCUT2D eigenvalue weighted by atomic mass is 9.80. The topological polar surface area (TPSA) is 24.5 Å². The van der Waals surface area contributed by atoms with E-state index in [1.54, 1.807) is 0 Å². The number of ether oxygens (including phenoxy) is 1. The minimum atomic E-state index is 0.539. The Morgan fingerprint density at radius 3 is 2.33 bits per heavy atom. The molecule has 0 aromatic rings. The molecule has 1 saturated heterocycles. The van der Waals surface area contributed by atoms with Gasteiger partial charge in [-0.15, -0.1) is 0 Å². The fraction of sp³-hybridized carbons (Fsp3) is 1.00. The number of nitrogens with zero attached hydrogens (tertiary/aromatic N) is 1. The summed E-state index contributed by atoms with van der Waals surface area (Å²) in [6.07, 6.45) is 5.92. The summed E-state index contributed by atoms with van der Waals surface area (Å²) in [5.41, 5.74) is 0. The first-order valence-corrected chi connectivity index (χ1v) is 9.12. The molecule has 2 aliphatic rings. The summed E-state index contributed by atoms with van der Waals surface area (Å²) in [5.74, 6) is 2.73. The van der Waals surface area contributed by atoms with Gasteiger partial charge in [0.1, 0.15) is 0 Å². The lowest BCUT2D eigenvalue weighted by Crippen LogP contribution is -2.44. The summed E-state index contributed by atoms with van der Waals surface area (Å²) in [6, 6.07) is 0.566. The highest BCUT2D eigenvalue weighted by Gasteiger charge is 2.32. The van der Waals surface area contributed by atoms with E-state index in [0.717, 1.165) is 30.9 Å². The molecule has 0 aromatic heterocycles. The first-order valence-electron chi connectivity index (χ1n) is 9.12. The van der Waals surface area contributed by atoms with Gasteiger partial charge in [-0.1, -0.05) is 27.7 Å². The molecule has 1 aliphatic heterocycles. The number of piperidine rings is 1. The van der Waals surface area contributed by atoms with Gasteiger partial charge >= 0.3 is 0 Å². The van der Waals surface area contributed by atoms with Gasteiger partial charge in [-0.3, -0.25) is 0 Å². The van der Waals surface area contributed by atoms with Crippen molar-refractivity contribution in [3.05, 3.63) is 0 Å². The average Bonchev–Trinajstić information content (AvgIpc) is 2.40. The zero-order valence-corrected chi connectivity index (χ0v) is 14.6. The van der Waals surface area contributed by atoms with E-state index in [1.165, 1.54) is 45.3 Å². The Morgan fingerprint density at radius 2 is 1.76 bits per heavy atom. The van der Waals surface area contributed by atoms with Gasteiger partial charge in [0, 0.05) is 19.1 Å². The van der Waals surface area contributed by atoms with E-state index in [4.69, 9.17) is 4.74 Å². The molecular formula is C18H36N2O.